The summed E-state index contributed by atoms with van der Waals surface area (Å²) >= 11 is 0. The first kappa shape index (κ1) is 39.0. The van der Waals surface area contributed by atoms with Crippen molar-refractivity contribution in [2.45, 2.75) is 0 Å². The van der Waals surface area contributed by atoms with Crippen molar-refractivity contribution in [1.82, 2.24) is 4.57 Å². The number of furan rings is 1. The summed E-state index contributed by atoms with van der Waals surface area (Å²) in [4.78, 5) is 2.41. The minimum absolute atomic E-state index is 0.890. The molecule has 2 heterocycles. The molecule has 0 amide bonds. The van der Waals surface area contributed by atoms with Crippen LogP contribution in [0.2, 0.25) is 0 Å². The fourth-order valence-corrected chi connectivity index (χ4v) is 10.9. The number of hydrogen-bond acceptors (Lipinski definition) is 2. The third-order valence-electron chi connectivity index (χ3n) is 14.2. The third-order valence-corrected chi connectivity index (χ3v) is 14.2. The van der Waals surface area contributed by atoms with Gasteiger partial charge in [0.05, 0.1) is 22.4 Å². The van der Waals surface area contributed by atoms with Crippen molar-refractivity contribution < 1.29 is 4.42 Å². The van der Waals surface area contributed by atoms with E-state index >= 15 is 0 Å². The van der Waals surface area contributed by atoms with Gasteiger partial charge in [-0.1, -0.05) is 182 Å². The van der Waals surface area contributed by atoms with Gasteiger partial charge in [0.2, 0.25) is 0 Å². The van der Waals surface area contributed by atoms with Crippen LogP contribution in [0.4, 0.5) is 17.1 Å². The van der Waals surface area contributed by atoms with Gasteiger partial charge >= 0.3 is 0 Å². The highest BCUT2D eigenvalue weighted by atomic mass is 16.3. The Bertz CT molecular complexity index is 4260. The molecule has 0 saturated carbocycles. The van der Waals surface area contributed by atoms with Gasteiger partial charge in [0, 0.05) is 49.4 Å². The molecule has 0 aliphatic heterocycles. The van der Waals surface area contributed by atoms with E-state index in [1.807, 2.05) is 0 Å². The fraction of sp³-hybridized carbons (Fsp3) is 0. The lowest BCUT2D eigenvalue weighted by Crippen LogP contribution is -2.11. The molecule has 3 nitrogen and oxygen atoms in total. The molecule has 14 aromatic rings. The van der Waals surface area contributed by atoms with Gasteiger partial charge < -0.3 is 13.9 Å². The van der Waals surface area contributed by atoms with E-state index in [0.717, 1.165) is 72.3 Å². The van der Waals surface area contributed by atoms with Gasteiger partial charge in [-0.25, -0.2) is 0 Å². The summed E-state index contributed by atoms with van der Waals surface area (Å²) < 4.78 is 9.02. The standard InChI is InChI=1S/C66H42N2O/c1-3-15-52-44(13-1)25-26-47-27-28-49(41-60(47)52)54-17-6-9-21-61(54)67(50-35-29-43(30-36-50)48-34-39-58-59-40-33-45-14-2-4-18-55(45)66(59)69-65(58)42-48)51-37-31-46(32-38-51)53-16-5-10-22-62(53)68-63-23-11-7-19-56(63)57-20-8-12-24-64(57)68/h1-42H. The van der Waals surface area contributed by atoms with Gasteiger partial charge in [0.1, 0.15) is 11.2 Å². The zero-order valence-electron chi connectivity index (χ0n) is 37.6. The maximum atomic E-state index is 6.61. The first-order chi connectivity index (χ1) is 34.2. The van der Waals surface area contributed by atoms with Crippen molar-refractivity contribution in [3.63, 3.8) is 0 Å². The predicted octanol–water partition coefficient (Wildman–Crippen LogP) is 18.6. The molecule has 0 aliphatic rings. The molecule has 0 aliphatic carbocycles. The van der Waals surface area contributed by atoms with Crippen LogP contribution in [0.25, 0.3) is 115 Å². The number of anilines is 3. The van der Waals surface area contributed by atoms with E-state index in [2.05, 4.69) is 264 Å². The molecule has 2 aromatic heterocycles. The maximum absolute atomic E-state index is 6.61. The van der Waals surface area contributed by atoms with Crippen LogP contribution in [-0.4, -0.2) is 4.57 Å². The number of benzene rings is 12. The fourth-order valence-electron chi connectivity index (χ4n) is 10.9. The molecular weight excluding hydrogens is 837 g/mol. The van der Waals surface area contributed by atoms with Crippen LogP contribution in [0.1, 0.15) is 0 Å². The van der Waals surface area contributed by atoms with E-state index in [0.29, 0.717) is 0 Å². The molecule has 0 bridgehead atoms. The molecular formula is C66H42N2O. The Labute approximate surface area is 399 Å². The van der Waals surface area contributed by atoms with E-state index in [-0.39, 0.29) is 0 Å². The van der Waals surface area contributed by atoms with Gasteiger partial charge in [0.15, 0.2) is 0 Å². The zero-order chi connectivity index (χ0) is 45.4. The first-order valence-corrected chi connectivity index (χ1v) is 23.7. The highest BCUT2D eigenvalue weighted by Gasteiger charge is 2.20. The van der Waals surface area contributed by atoms with Crippen LogP contribution in [0.5, 0.6) is 0 Å². The smallest absolute Gasteiger partial charge is 0.143 e. The number of aromatic nitrogens is 1. The minimum atomic E-state index is 0.890. The van der Waals surface area contributed by atoms with E-state index in [1.54, 1.807) is 0 Å². The Kier molecular flexibility index (Phi) is 8.90. The summed E-state index contributed by atoms with van der Waals surface area (Å²) in [7, 11) is 0. The predicted molar refractivity (Wildman–Crippen MR) is 292 cm³/mol. The lowest BCUT2D eigenvalue weighted by Gasteiger charge is -2.28. The van der Waals surface area contributed by atoms with E-state index in [1.165, 1.54) is 59.9 Å². The van der Waals surface area contributed by atoms with Crippen molar-refractivity contribution in [2.75, 3.05) is 4.90 Å². The second-order valence-electron chi connectivity index (χ2n) is 18.0. The van der Waals surface area contributed by atoms with Gasteiger partial charge in [-0.3, -0.25) is 0 Å². The molecule has 12 aromatic carbocycles. The molecule has 3 heteroatoms. The monoisotopic (exact) mass is 878 g/mol. The highest BCUT2D eigenvalue weighted by molar-refractivity contribution is 6.16. The maximum Gasteiger partial charge on any atom is 0.143 e. The number of fused-ring (bicyclic) bond motifs is 11. The van der Waals surface area contributed by atoms with Gasteiger partial charge in [0.25, 0.3) is 0 Å². The lowest BCUT2D eigenvalue weighted by molar-refractivity contribution is 0.673. The normalized spacial score (nSPS) is 11.8. The molecule has 0 N–H and O–H groups in total. The topological polar surface area (TPSA) is 21.3 Å². The van der Waals surface area contributed by atoms with Crippen molar-refractivity contribution >= 4 is 93.1 Å². The quantitative estimate of drug-likeness (QED) is 0.149. The number of rotatable bonds is 7. The van der Waals surface area contributed by atoms with E-state index in [4.69, 9.17) is 4.42 Å². The molecule has 322 valence electrons. The average molecular weight is 879 g/mol. The third kappa shape index (κ3) is 6.36. The van der Waals surface area contributed by atoms with Gasteiger partial charge in [-0.05, 0) is 122 Å². The Hall–Kier alpha value is -9.18. The zero-order valence-corrected chi connectivity index (χ0v) is 37.6. The van der Waals surface area contributed by atoms with E-state index < -0.39 is 0 Å². The Morgan fingerprint density at radius 3 is 1.55 bits per heavy atom. The van der Waals surface area contributed by atoms with Crippen molar-refractivity contribution in [3.8, 4) is 39.1 Å². The van der Waals surface area contributed by atoms with Gasteiger partial charge in [-0.15, -0.1) is 0 Å². The second kappa shape index (κ2) is 15.7. The Morgan fingerprint density at radius 2 is 0.812 bits per heavy atom. The van der Waals surface area contributed by atoms with Crippen LogP contribution in [0.3, 0.4) is 0 Å². The number of nitrogens with zero attached hydrogens (tertiary/aromatic N) is 2. The minimum Gasteiger partial charge on any atom is -0.455 e. The summed E-state index contributed by atoms with van der Waals surface area (Å²) in [6.45, 7) is 0. The molecule has 0 atom stereocenters. The van der Waals surface area contributed by atoms with Crippen molar-refractivity contribution in [1.29, 1.82) is 0 Å². The average Bonchev–Trinajstić information content (AvgIpc) is 3.97. The summed E-state index contributed by atoms with van der Waals surface area (Å²) in [6.07, 6.45) is 0. The van der Waals surface area contributed by atoms with Crippen LogP contribution >= 0.6 is 0 Å². The van der Waals surface area contributed by atoms with Crippen molar-refractivity contribution in [3.05, 3.63) is 255 Å². The molecule has 0 spiro atoms. The molecule has 0 saturated heterocycles. The Morgan fingerprint density at radius 1 is 0.304 bits per heavy atom. The lowest BCUT2D eigenvalue weighted by atomic mass is 9.95. The molecule has 0 radical (unpaired) electrons. The van der Waals surface area contributed by atoms with Crippen LogP contribution in [0, 0.1) is 0 Å². The van der Waals surface area contributed by atoms with Crippen molar-refractivity contribution in [2.24, 2.45) is 0 Å². The van der Waals surface area contributed by atoms with Crippen LogP contribution in [0.15, 0.2) is 259 Å². The van der Waals surface area contributed by atoms with Gasteiger partial charge in [-0.2, -0.15) is 0 Å². The largest absolute Gasteiger partial charge is 0.455 e. The Balaban J connectivity index is 0.899. The SMILES string of the molecule is c1ccc(N(c2ccc(-c3ccc4c(c3)oc3c5ccccc5ccc43)cc2)c2ccc(-c3ccccc3-n3c4ccccc4c4ccccc43)cc2)c(-c2ccc3ccc4ccccc4c3c2)c1. The number of hydrogen-bond donors (Lipinski definition) is 0. The summed E-state index contributed by atoms with van der Waals surface area (Å²) in [5.74, 6) is 0. The summed E-state index contributed by atoms with van der Waals surface area (Å²) in [6, 6.07) is 92.5. The first-order valence-electron chi connectivity index (χ1n) is 23.7. The number of para-hydroxylation sites is 4. The van der Waals surface area contributed by atoms with Crippen LogP contribution < -0.4 is 4.90 Å². The van der Waals surface area contributed by atoms with Crippen LogP contribution in [-0.2, 0) is 0 Å². The summed E-state index contributed by atoms with van der Waals surface area (Å²) in [5, 5.41) is 12.1. The molecule has 0 fully saturated rings. The summed E-state index contributed by atoms with van der Waals surface area (Å²) in [5.41, 5.74) is 15.5. The highest BCUT2D eigenvalue weighted by Crippen LogP contribution is 2.44. The van der Waals surface area contributed by atoms with E-state index in [9.17, 15) is 0 Å². The molecule has 0 unspecified atom stereocenters. The second-order valence-corrected chi connectivity index (χ2v) is 18.0. The molecule has 14 rings (SSSR count). The molecule has 69 heavy (non-hydrogen) atoms.